The lowest BCUT2D eigenvalue weighted by Crippen LogP contribution is -2.32. The van der Waals surface area contributed by atoms with Crippen molar-refractivity contribution in [2.45, 2.75) is 26.5 Å². The molecule has 1 aromatic heterocycles. The Balaban J connectivity index is 1.62. The molecule has 0 saturated carbocycles. The molecule has 0 spiro atoms. The summed E-state index contributed by atoms with van der Waals surface area (Å²) >= 11 is 5.93. The van der Waals surface area contributed by atoms with Gasteiger partial charge in [-0.1, -0.05) is 35.9 Å². The molecule has 0 aliphatic rings. The molecule has 150 valence electrons. The van der Waals surface area contributed by atoms with E-state index in [4.69, 9.17) is 20.8 Å². The van der Waals surface area contributed by atoms with Crippen molar-refractivity contribution in [3.05, 3.63) is 69.7 Å². The molecule has 1 amide bonds. The van der Waals surface area contributed by atoms with Gasteiger partial charge in [0.1, 0.15) is 6.54 Å². The van der Waals surface area contributed by atoms with Crippen LogP contribution in [0.1, 0.15) is 12.5 Å². The molecule has 0 aliphatic carbocycles. The molecular formula is C20H18ClN3O5. The molecule has 0 bridgehead atoms. The molecule has 0 fully saturated rings. The van der Waals surface area contributed by atoms with Gasteiger partial charge in [0, 0.05) is 16.3 Å². The number of carbonyl (C=O) groups excluding carboxylic acids is 2. The highest BCUT2D eigenvalue weighted by Gasteiger charge is 2.21. The Labute approximate surface area is 171 Å². The van der Waals surface area contributed by atoms with E-state index < -0.39 is 30.3 Å². The van der Waals surface area contributed by atoms with Gasteiger partial charge in [0.25, 0.3) is 5.91 Å². The van der Waals surface area contributed by atoms with Gasteiger partial charge < -0.3 is 14.5 Å². The molecule has 1 N–H and O–H groups in total. The number of halogens is 1. The standard InChI is InChI=1S/C20H18ClN3O5/c1-12-8-9-15(21)10-16(12)22-18(26)13(2)28-17(25)11-24-20(27)29-19(23-24)14-6-4-3-5-7-14/h3-10,13H,11H2,1-2H3,(H,22,26)/t13-/m1/s1. The molecule has 3 aromatic rings. The molecule has 1 heterocycles. The van der Waals surface area contributed by atoms with Gasteiger partial charge in [0.05, 0.1) is 0 Å². The van der Waals surface area contributed by atoms with Crippen molar-refractivity contribution in [1.82, 2.24) is 9.78 Å². The zero-order chi connectivity index (χ0) is 21.0. The summed E-state index contributed by atoms with van der Waals surface area (Å²) in [5.41, 5.74) is 1.93. The lowest BCUT2D eigenvalue weighted by molar-refractivity contribution is -0.154. The first-order valence-corrected chi connectivity index (χ1v) is 9.11. The molecule has 0 unspecified atom stereocenters. The zero-order valence-electron chi connectivity index (χ0n) is 15.7. The Bertz CT molecular complexity index is 1090. The van der Waals surface area contributed by atoms with E-state index in [1.165, 1.54) is 6.92 Å². The van der Waals surface area contributed by atoms with Gasteiger partial charge in [-0.25, -0.2) is 4.79 Å². The summed E-state index contributed by atoms with van der Waals surface area (Å²) in [6.45, 7) is 2.75. The molecule has 1 atom stereocenters. The van der Waals surface area contributed by atoms with Gasteiger partial charge in [-0.3, -0.25) is 9.59 Å². The number of nitrogens with one attached hydrogen (secondary N) is 1. The smallest absolute Gasteiger partial charge is 0.437 e. The maximum absolute atomic E-state index is 12.3. The molecule has 9 heteroatoms. The van der Waals surface area contributed by atoms with Crippen LogP contribution in [-0.4, -0.2) is 27.8 Å². The Morgan fingerprint density at radius 3 is 2.69 bits per heavy atom. The maximum atomic E-state index is 12.3. The molecular weight excluding hydrogens is 398 g/mol. The summed E-state index contributed by atoms with van der Waals surface area (Å²) < 4.78 is 11.0. The minimum atomic E-state index is -1.09. The highest BCUT2D eigenvalue weighted by atomic mass is 35.5. The summed E-state index contributed by atoms with van der Waals surface area (Å²) in [4.78, 5) is 36.3. The highest BCUT2D eigenvalue weighted by Crippen LogP contribution is 2.20. The number of carbonyl (C=O) groups is 2. The number of nitrogens with zero attached hydrogens (tertiary/aromatic N) is 2. The van der Waals surface area contributed by atoms with E-state index in [-0.39, 0.29) is 5.89 Å². The largest absolute Gasteiger partial charge is 0.451 e. The Morgan fingerprint density at radius 2 is 1.97 bits per heavy atom. The Kier molecular flexibility index (Phi) is 6.13. The van der Waals surface area contributed by atoms with Gasteiger partial charge in [0.15, 0.2) is 6.10 Å². The van der Waals surface area contributed by atoms with E-state index in [1.54, 1.807) is 42.5 Å². The normalized spacial score (nSPS) is 11.7. The Hall–Kier alpha value is -3.39. The third-order valence-corrected chi connectivity index (χ3v) is 4.28. The third kappa shape index (κ3) is 5.11. The van der Waals surface area contributed by atoms with Crippen LogP contribution in [0.15, 0.2) is 57.7 Å². The molecule has 29 heavy (non-hydrogen) atoms. The van der Waals surface area contributed by atoms with Crippen molar-refractivity contribution in [3.8, 4) is 11.5 Å². The molecule has 0 saturated heterocycles. The average molecular weight is 416 g/mol. The number of aryl methyl sites for hydroxylation is 1. The Morgan fingerprint density at radius 1 is 1.24 bits per heavy atom. The fourth-order valence-electron chi connectivity index (χ4n) is 2.48. The van der Waals surface area contributed by atoms with Crippen molar-refractivity contribution in [2.75, 3.05) is 5.32 Å². The van der Waals surface area contributed by atoms with Crippen molar-refractivity contribution in [1.29, 1.82) is 0 Å². The van der Waals surface area contributed by atoms with Gasteiger partial charge in [-0.05, 0) is 43.7 Å². The van der Waals surface area contributed by atoms with Crippen molar-refractivity contribution in [2.24, 2.45) is 0 Å². The molecule has 3 rings (SSSR count). The highest BCUT2D eigenvalue weighted by molar-refractivity contribution is 6.31. The number of esters is 1. The van der Waals surface area contributed by atoms with Crippen molar-refractivity contribution < 1.29 is 18.7 Å². The number of hydrogen-bond acceptors (Lipinski definition) is 6. The predicted octanol–water partition coefficient (Wildman–Crippen LogP) is 3.04. The number of rotatable bonds is 6. The van der Waals surface area contributed by atoms with Crippen LogP contribution in [0, 0.1) is 6.92 Å². The van der Waals surface area contributed by atoms with E-state index >= 15 is 0 Å². The second-order valence-corrected chi connectivity index (χ2v) is 6.71. The average Bonchev–Trinajstić information content (AvgIpc) is 3.05. The molecule has 0 radical (unpaired) electrons. The van der Waals surface area contributed by atoms with E-state index in [0.29, 0.717) is 16.3 Å². The van der Waals surface area contributed by atoms with Crippen LogP contribution >= 0.6 is 11.6 Å². The summed E-state index contributed by atoms with van der Waals surface area (Å²) in [5, 5.41) is 7.10. The van der Waals surface area contributed by atoms with Gasteiger partial charge in [-0.15, -0.1) is 5.10 Å². The molecule has 0 aliphatic heterocycles. The first-order valence-electron chi connectivity index (χ1n) is 8.73. The lowest BCUT2D eigenvalue weighted by Gasteiger charge is -2.14. The summed E-state index contributed by atoms with van der Waals surface area (Å²) in [5.74, 6) is -2.04. The first kappa shape index (κ1) is 20.3. The van der Waals surface area contributed by atoms with Crippen LogP contribution in [-0.2, 0) is 20.9 Å². The topological polar surface area (TPSA) is 103 Å². The van der Waals surface area contributed by atoms with E-state index in [1.807, 2.05) is 13.0 Å². The van der Waals surface area contributed by atoms with Crippen LogP contribution in [0.3, 0.4) is 0 Å². The van der Waals surface area contributed by atoms with Crippen LogP contribution in [0.4, 0.5) is 5.69 Å². The van der Waals surface area contributed by atoms with Crippen molar-refractivity contribution >= 4 is 29.2 Å². The number of hydrogen-bond donors (Lipinski definition) is 1. The number of aromatic nitrogens is 2. The SMILES string of the molecule is Cc1ccc(Cl)cc1NC(=O)[C@@H](C)OC(=O)Cn1nc(-c2ccccc2)oc1=O. The van der Waals surface area contributed by atoms with E-state index in [0.717, 1.165) is 10.2 Å². The number of benzene rings is 2. The second-order valence-electron chi connectivity index (χ2n) is 6.28. The van der Waals surface area contributed by atoms with Crippen LogP contribution in [0.25, 0.3) is 11.5 Å². The summed E-state index contributed by atoms with van der Waals surface area (Å²) in [7, 11) is 0. The van der Waals surface area contributed by atoms with Gasteiger partial charge >= 0.3 is 11.7 Å². The predicted molar refractivity (Wildman–Crippen MR) is 107 cm³/mol. The summed E-state index contributed by atoms with van der Waals surface area (Å²) in [6, 6.07) is 13.9. The van der Waals surface area contributed by atoms with Crippen LogP contribution < -0.4 is 11.1 Å². The first-order chi connectivity index (χ1) is 13.8. The lowest BCUT2D eigenvalue weighted by atomic mass is 10.2. The summed E-state index contributed by atoms with van der Waals surface area (Å²) in [6.07, 6.45) is -1.09. The third-order valence-electron chi connectivity index (χ3n) is 4.04. The quantitative estimate of drug-likeness (QED) is 0.620. The van der Waals surface area contributed by atoms with Crippen molar-refractivity contribution in [3.63, 3.8) is 0 Å². The maximum Gasteiger partial charge on any atom is 0.437 e. The number of anilines is 1. The van der Waals surface area contributed by atoms with Crippen LogP contribution in [0.2, 0.25) is 5.02 Å². The van der Waals surface area contributed by atoms with Gasteiger partial charge in [0.2, 0.25) is 5.89 Å². The van der Waals surface area contributed by atoms with E-state index in [2.05, 4.69) is 10.4 Å². The van der Waals surface area contributed by atoms with Gasteiger partial charge in [-0.2, -0.15) is 4.68 Å². The molecule has 2 aromatic carbocycles. The fourth-order valence-corrected chi connectivity index (χ4v) is 2.65. The fraction of sp³-hybridized carbons (Fsp3) is 0.200. The monoisotopic (exact) mass is 415 g/mol. The zero-order valence-corrected chi connectivity index (χ0v) is 16.5. The van der Waals surface area contributed by atoms with E-state index in [9.17, 15) is 14.4 Å². The minimum Gasteiger partial charge on any atom is -0.451 e. The molecule has 8 nitrogen and oxygen atoms in total. The minimum absolute atomic E-state index is 0.0885. The number of amides is 1. The van der Waals surface area contributed by atoms with Crippen LogP contribution in [0.5, 0.6) is 0 Å². The number of ether oxygens (including phenoxy) is 1. The second kappa shape index (κ2) is 8.74.